The van der Waals surface area contributed by atoms with Gasteiger partial charge in [-0.3, -0.25) is 9.80 Å². The fourth-order valence-corrected chi connectivity index (χ4v) is 1.97. The van der Waals surface area contributed by atoms with Crippen LogP contribution in [0.25, 0.3) is 0 Å². The van der Waals surface area contributed by atoms with E-state index in [0.717, 1.165) is 16.7 Å². The molecule has 0 radical (unpaired) electrons. The Balaban J connectivity index is 3.10. The normalized spacial score (nSPS) is 11.4. The third-order valence-corrected chi connectivity index (χ3v) is 2.57. The van der Waals surface area contributed by atoms with Crippen molar-refractivity contribution in [3.05, 3.63) is 34.9 Å². The van der Waals surface area contributed by atoms with Gasteiger partial charge in [0, 0.05) is 12.6 Å². The van der Waals surface area contributed by atoms with E-state index in [9.17, 15) is 4.79 Å². The van der Waals surface area contributed by atoms with Crippen LogP contribution in [0.5, 0.6) is 0 Å². The Morgan fingerprint density at radius 1 is 1.12 bits per heavy atom. The molecule has 0 heterocycles. The zero-order valence-corrected chi connectivity index (χ0v) is 11.6. The van der Waals surface area contributed by atoms with E-state index in [1.54, 1.807) is 12.1 Å². The molecule has 3 nitrogen and oxygen atoms in total. The van der Waals surface area contributed by atoms with E-state index >= 15 is 0 Å². The van der Waals surface area contributed by atoms with Gasteiger partial charge in [-0.15, -0.1) is 0 Å². The molecule has 1 N–H and O–H groups in total. The number of carbonyl (C=O) groups excluding carboxylic acids is 1. The van der Waals surface area contributed by atoms with E-state index in [-0.39, 0.29) is 11.4 Å². The molecule has 0 aliphatic rings. The van der Waals surface area contributed by atoms with Gasteiger partial charge in [-0.1, -0.05) is 17.2 Å². The molecule has 0 saturated carbocycles. The summed E-state index contributed by atoms with van der Waals surface area (Å²) in [6.45, 7) is 10.0. The van der Waals surface area contributed by atoms with Gasteiger partial charge in [0.05, 0.1) is 5.54 Å². The Hall–Kier alpha value is -1.35. The molecule has 0 unspecified atom stereocenters. The van der Waals surface area contributed by atoms with Crippen molar-refractivity contribution >= 4 is 5.91 Å². The van der Waals surface area contributed by atoms with Crippen molar-refractivity contribution in [1.29, 1.82) is 0 Å². The molecule has 0 aliphatic carbocycles. The van der Waals surface area contributed by atoms with E-state index in [1.165, 1.54) is 0 Å². The number of aryl methyl sites for hydroxylation is 2. The zero-order chi connectivity index (χ0) is 13.2. The molecule has 0 bridgehead atoms. The molecule has 1 aromatic carbocycles. The van der Waals surface area contributed by atoms with E-state index in [0.29, 0.717) is 0 Å². The Bertz CT molecular complexity index is 398. The minimum absolute atomic E-state index is 0.00630. The number of hydrogen-bond donors (Lipinski definition) is 1. The Morgan fingerprint density at radius 2 is 1.59 bits per heavy atom. The molecular formula is C14H22N2O. The van der Waals surface area contributed by atoms with Crippen LogP contribution in [0, 0.1) is 13.8 Å². The lowest BCUT2D eigenvalue weighted by atomic mass is 10.0. The van der Waals surface area contributed by atoms with Crippen molar-refractivity contribution in [2.45, 2.75) is 40.2 Å². The van der Waals surface area contributed by atoms with Crippen LogP contribution in [-0.4, -0.2) is 23.5 Å². The van der Waals surface area contributed by atoms with E-state index in [2.05, 4.69) is 11.5 Å². The third-order valence-electron chi connectivity index (χ3n) is 2.57. The Kier molecular flexibility index (Phi) is 3.94. The van der Waals surface area contributed by atoms with Crippen molar-refractivity contribution in [3.63, 3.8) is 0 Å². The first-order valence-corrected chi connectivity index (χ1v) is 5.86. The highest BCUT2D eigenvalue weighted by Crippen LogP contribution is 2.16. The van der Waals surface area contributed by atoms with Crippen LogP contribution in [-0.2, 0) is 0 Å². The number of hydrogen-bond acceptors (Lipinski definition) is 2. The van der Waals surface area contributed by atoms with Gasteiger partial charge < -0.3 is 0 Å². The van der Waals surface area contributed by atoms with Crippen LogP contribution >= 0.6 is 0 Å². The minimum atomic E-state index is -0.247. The molecule has 94 valence electrons. The average molecular weight is 234 g/mol. The van der Waals surface area contributed by atoms with Gasteiger partial charge in [-0.2, -0.15) is 0 Å². The summed E-state index contributed by atoms with van der Waals surface area (Å²) in [6.07, 6.45) is 0. The topological polar surface area (TPSA) is 32.3 Å². The quantitative estimate of drug-likeness (QED) is 0.798. The summed E-state index contributed by atoms with van der Waals surface area (Å²) in [5.74, 6) is 0.00630. The lowest BCUT2D eigenvalue weighted by Crippen LogP contribution is -2.52. The largest absolute Gasteiger partial charge is 0.269 e. The first-order valence-electron chi connectivity index (χ1n) is 5.86. The van der Waals surface area contributed by atoms with Crippen LogP contribution in [0.4, 0.5) is 0 Å². The van der Waals surface area contributed by atoms with Crippen molar-refractivity contribution in [2.24, 2.45) is 0 Å². The van der Waals surface area contributed by atoms with Gasteiger partial charge in [0.2, 0.25) is 0 Å². The van der Waals surface area contributed by atoms with Crippen LogP contribution in [0.1, 0.15) is 42.3 Å². The second kappa shape index (κ2) is 4.88. The fourth-order valence-electron chi connectivity index (χ4n) is 1.97. The number of benzene rings is 1. The maximum Gasteiger partial charge on any atom is 0.268 e. The highest BCUT2D eigenvalue weighted by atomic mass is 16.2. The number of amides is 1. The lowest BCUT2D eigenvalue weighted by molar-refractivity contribution is 0.0442. The predicted molar refractivity (Wildman–Crippen MR) is 70.9 cm³/mol. The van der Waals surface area contributed by atoms with Gasteiger partial charge in [0.25, 0.3) is 5.91 Å². The number of hydrazine groups is 1. The molecule has 1 amide bonds. The van der Waals surface area contributed by atoms with Gasteiger partial charge in [0.15, 0.2) is 0 Å². The summed E-state index contributed by atoms with van der Waals surface area (Å²) in [5.41, 5.74) is 5.66. The molecule has 0 fully saturated rings. The van der Waals surface area contributed by atoms with E-state index in [4.69, 9.17) is 0 Å². The summed E-state index contributed by atoms with van der Waals surface area (Å²) in [7, 11) is 1.77. The monoisotopic (exact) mass is 234 g/mol. The van der Waals surface area contributed by atoms with E-state index in [1.807, 2.05) is 46.8 Å². The molecule has 0 saturated heterocycles. The first kappa shape index (κ1) is 13.7. The number of carbonyl (C=O) groups is 1. The Labute approximate surface area is 104 Å². The van der Waals surface area contributed by atoms with Crippen LogP contribution in [0.3, 0.4) is 0 Å². The molecule has 0 atom stereocenters. The van der Waals surface area contributed by atoms with Crippen LogP contribution < -0.4 is 5.43 Å². The van der Waals surface area contributed by atoms with Gasteiger partial charge in [0.1, 0.15) is 0 Å². The average Bonchev–Trinajstić information content (AvgIpc) is 2.14. The fraction of sp³-hybridized carbons (Fsp3) is 0.500. The van der Waals surface area contributed by atoms with Gasteiger partial charge in [-0.05, 0) is 46.8 Å². The van der Waals surface area contributed by atoms with Crippen molar-refractivity contribution < 1.29 is 4.79 Å². The highest BCUT2D eigenvalue weighted by Gasteiger charge is 2.26. The molecule has 3 heteroatoms. The molecule has 1 aromatic rings. The third kappa shape index (κ3) is 3.30. The van der Waals surface area contributed by atoms with Crippen molar-refractivity contribution in [1.82, 2.24) is 10.4 Å². The summed E-state index contributed by atoms with van der Waals surface area (Å²) < 4.78 is 0. The summed E-state index contributed by atoms with van der Waals surface area (Å²) >= 11 is 0. The Morgan fingerprint density at radius 3 is 1.94 bits per heavy atom. The zero-order valence-electron chi connectivity index (χ0n) is 11.6. The van der Waals surface area contributed by atoms with Crippen molar-refractivity contribution in [3.8, 4) is 0 Å². The molecule has 1 rings (SSSR count). The molecule has 0 aromatic heterocycles. The minimum Gasteiger partial charge on any atom is -0.269 e. The highest BCUT2D eigenvalue weighted by molar-refractivity contribution is 5.94. The maximum absolute atomic E-state index is 12.4. The molecular weight excluding hydrogens is 212 g/mol. The maximum atomic E-state index is 12.4. The van der Waals surface area contributed by atoms with Gasteiger partial charge in [-0.25, -0.2) is 5.43 Å². The summed E-state index contributed by atoms with van der Waals surface area (Å²) in [5, 5.41) is 1.65. The first-order chi connectivity index (χ1) is 7.75. The SMILES string of the molecule is CNN(C(=O)c1cc(C)cc(C)c1)C(C)(C)C. The molecule has 0 spiro atoms. The lowest BCUT2D eigenvalue weighted by Gasteiger charge is -2.34. The van der Waals surface area contributed by atoms with Crippen LogP contribution in [0.2, 0.25) is 0 Å². The van der Waals surface area contributed by atoms with E-state index < -0.39 is 0 Å². The summed E-state index contributed by atoms with van der Waals surface area (Å²) in [4.78, 5) is 12.4. The van der Waals surface area contributed by atoms with Gasteiger partial charge >= 0.3 is 0 Å². The second-order valence-electron chi connectivity index (χ2n) is 5.41. The smallest absolute Gasteiger partial charge is 0.268 e. The number of nitrogens with one attached hydrogen (secondary N) is 1. The molecule has 17 heavy (non-hydrogen) atoms. The second-order valence-corrected chi connectivity index (χ2v) is 5.41. The van der Waals surface area contributed by atoms with Crippen molar-refractivity contribution in [2.75, 3.05) is 7.05 Å². The predicted octanol–water partition coefficient (Wildman–Crippen LogP) is 2.68. The standard InChI is InChI=1S/C14H22N2O/c1-10-7-11(2)9-12(8-10)13(17)16(15-6)14(3,4)5/h7-9,15H,1-6H3. The van der Waals surface area contributed by atoms with Crippen LogP contribution in [0.15, 0.2) is 18.2 Å². The number of nitrogens with zero attached hydrogens (tertiary/aromatic N) is 1. The summed E-state index contributed by atoms with van der Waals surface area (Å²) in [6, 6.07) is 5.91. The molecule has 0 aliphatic heterocycles. The number of rotatable bonds is 2.